The quantitative estimate of drug-likeness (QED) is 0.326. The van der Waals surface area contributed by atoms with Crippen LogP contribution < -0.4 is 15.0 Å². The average molecular weight is 544 g/mol. The molecule has 1 aliphatic heterocycles. The minimum absolute atomic E-state index is 0.143. The first-order valence-electron chi connectivity index (χ1n) is 10.1. The lowest BCUT2D eigenvalue weighted by molar-refractivity contribution is -0.122. The van der Waals surface area contributed by atoms with E-state index < -0.39 is 17.8 Å². The van der Waals surface area contributed by atoms with Gasteiger partial charge in [0.1, 0.15) is 23.7 Å². The second-order valence-electron chi connectivity index (χ2n) is 7.44. The molecule has 0 bridgehead atoms. The Morgan fingerprint density at radius 3 is 2.56 bits per heavy atom. The van der Waals surface area contributed by atoms with Crippen molar-refractivity contribution in [1.82, 2.24) is 5.32 Å². The first-order chi connectivity index (χ1) is 16.2. The number of nitrogens with one attached hydrogen (secondary N) is 1. The van der Waals surface area contributed by atoms with E-state index in [4.69, 9.17) is 16.3 Å². The van der Waals surface area contributed by atoms with E-state index in [1.807, 2.05) is 0 Å². The highest BCUT2D eigenvalue weighted by atomic mass is 79.9. The summed E-state index contributed by atoms with van der Waals surface area (Å²) in [5.74, 6) is -1.57. The molecule has 0 aromatic heterocycles. The highest BCUT2D eigenvalue weighted by Gasteiger charge is 2.37. The molecule has 1 heterocycles. The number of nitrogens with zero attached hydrogens (tertiary/aromatic N) is 1. The maximum absolute atomic E-state index is 13.3. The molecule has 0 spiro atoms. The van der Waals surface area contributed by atoms with Crippen LogP contribution in [0.4, 0.5) is 14.9 Å². The molecule has 9 heteroatoms. The lowest BCUT2D eigenvalue weighted by Crippen LogP contribution is -2.54. The SMILES string of the molecule is Cc1c(Cl)cccc1N1C(=O)NC(=O)/C(=C\c2cc(Br)ccc2OCc2ccc(F)cc2)C1=O. The highest BCUT2D eigenvalue weighted by molar-refractivity contribution is 9.10. The maximum Gasteiger partial charge on any atom is 0.335 e. The minimum Gasteiger partial charge on any atom is -0.488 e. The van der Waals surface area contributed by atoms with Crippen LogP contribution in [0.2, 0.25) is 5.02 Å². The van der Waals surface area contributed by atoms with Crippen LogP contribution in [0.3, 0.4) is 0 Å². The van der Waals surface area contributed by atoms with Crippen LogP contribution in [-0.4, -0.2) is 17.8 Å². The van der Waals surface area contributed by atoms with Crippen molar-refractivity contribution >= 4 is 57.1 Å². The zero-order chi connectivity index (χ0) is 24.4. The molecule has 6 nitrogen and oxygen atoms in total. The van der Waals surface area contributed by atoms with Gasteiger partial charge in [-0.25, -0.2) is 14.1 Å². The van der Waals surface area contributed by atoms with E-state index in [2.05, 4.69) is 21.2 Å². The van der Waals surface area contributed by atoms with Crippen molar-refractivity contribution in [3.05, 3.63) is 98.2 Å². The topological polar surface area (TPSA) is 75.7 Å². The fourth-order valence-electron chi connectivity index (χ4n) is 3.38. The summed E-state index contributed by atoms with van der Waals surface area (Å²) in [5, 5.41) is 2.58. The molecule has 1 saturated heterocycles. The van der Waals surface area contributed by atoms with Gasteiger partial charge in [-0.3, -0.25) is 14.9 Å². The fourth-order valence-corrected chi connectivity index (χ4v) is 3.92. The Bertz CT molecular complexity index is 1340. The van der Waals surface area contributed by atoms with E-state index in [0.717, 1.165) is 10.5 Å². The highest BCUT2D eigenvalue weighted by Crippen LogP contribution is 2.31. The Hall–Kier alpha value is -3.49. The normalized spacial score (nSPS) is 15.0. The predicted molar refractivity (Wildman–Crippen MR) is 130 cm³/mol. The number of barbiturate groups is 1. The van der Waals surface area contributed by atoms with Gasteiger partial charge in [-0.15, -0.1) is 0 Å². The number of imide groups is 2. The van der Waals surface area contributed by atoms with E-state index in [-0.39, 0.29) is 23.7 Å². The molecule has 4 rings (SSSR count). The van der Waals surface area contributed by atoms with E-state index in [1.165, 1.54) is 18.2 Å². The summed E-state index contributed by atoms with van der Waals surface area (Å²) in [6.07, 6.45) is 1.36. The number of halogens is 3. The molecule has 172 valence electrons. The van der Waals surface area contributed by atoms with Gasteiger partial charge in [-0.05, 0) is 66.6 Å². The maximum atomic E-state index is 13.3. The standard InChI is InChI=1S/C25H17BrClFN2O4/c1-14-20(27)3-2-4-21(14)30-24(32)19(23(31)29-25(30)33)12-16-11-17(26)7-10-22(16)34-13-15-5-8-18(28)9-6-15/h2-12H,13H2,1H3,(H,29,31,33)/b19-12+. The zero-order valence-corrected chi connectivity index (χ0v) is 20.1. The Kier molecular flexibility index (Phi) is 6.81. The molecule has 3 aromatic carbocycles. The van der Waals surface area contributed by atoms with Crippen LogP contribution in [0.15, 0.2) is 70.7 Å². The number of amides is 4. The zero-order valence-electron chi connectivity index (χ0n) is 17.8. The number of hydrogen-bond donors (Lipinski definition) is 1. The van der Waals surface area contributed by atoms with Gasteiger partial charge in [0, 0.05) is 15.1 Å². The molecule has 3 aromatic rings. The molecule has 34 heavy (non-hydrogen) atoms. The van der Waals surface area contributed by atoms with Crippen molar-refractivity contribution in [2.45, 2.75) is 13.5 Å². The molecule has 0 saturated carbocycles. The molecule has 1 aliphatic rings. The number of benzene rings is 3. The first-order valence-corrected chi connectivity index (χ1v) is 11.2. The molecule has 0 radical (unpaired) electrons. The van der Waals surface area contributed by atoms with Gasteiger partial charge in [0.2, 0.25) is 0 Å². The predicted octanol–water partition coefficient (Wildman–Crippen LogP) is 5.80. The number of carbonyl (C=O) groups is 3. The van der Waals surface area contributed by atoms with Crippen molar-refractivity contribution in [1.29, 1.82) is 0 Å². The Balaban J connectivity index is 1.69. The fraction of sp³-hybridized carbons (Fsp3) is 0.0800. The number of urea groups is 1. The van der Waals surface area contributed by atoms with Gasteiger partial charge in [-0.1, -0.05) is 45.7 Å². The van der Waals surface area contributed by atoms with Gasteiger partial charge < -0.3 is 4.74 Å². The second kappa shape index (κ2) is 9.79. The Morgan fingerprint density at radius 1 is 1.09 bits per heavy atom. The molecule has 0 unspecified atom stereocenters. The largest absolute Gasteiger partial charge is 0.488 e. The lowest BCUT2D eigenvalue weighted by atomic mass is 10.0. The monoisotopic (exact) mass is 542 g/mol. The Morgan fingerprint density at radius 2 is 1.82 bits per heavy atom. The Labute approximate surface area is 208 Å². The second-order valence-corrected chi connectivity index (χ2v) is 8.76. The van der Waals surface area contributed by atoms with Gasteiger partial charge >= 0.3 is 6.03 Å². The van der Waals surface area contributed by atoms with Crippen LogP contribution >= 0.6 is 27.5 Å². The number of rotatable bonds is 5. The molecule has 1 N–H and O–H groups in total. The summed E-state index contributed by atoms with van der Waals surface area (Å²) in [5.41, 5.74) is 1.72. The van der Waals surface area contributed by atoms with E-state index >= 15 is 0 Å². The van der Waals surface area contributed by atoms with Crippen LogP contribution in [-0.2, 0) is 16.2 Å². The summed E-state index contributed by atoms with van der Waals surface area (Å²) in [6.45, 7) is 1.82. The third-order valence-corrected chi connectivity index (χ3v) is 6.06. The number of ether oxygens (including phenoxy) is 1. The summed E-state index contributed by atoms with van der Waals surface area (Å²) in [6, 6.07) is 14.9. The number of anilines is 1. The van der Waals surface area contributed by atoms with Crippen molar-refractivity contribution in [3.63, 3.8) is 0 Å². The summed E-state index contributed by atoms with van der Waals surface area (Å²) < 4.78 is 19.7. The van der Waals surface area contributed by atoms with Gasteiger partial charge in [-0.2, -0.15) is 0 Å². The molecule has 0 aliphatic carbocycles. The van der Waals surface area contributed by atoms with Crippen LogP contribution in [0.5, 0.6) is 5.75 Å². The van der Waals surface area contributed by atoms with Crippen molar-refractivity contribution < 1.29 is 23.5 Å². The minimum atomic E-state index is -0.862. The van der Waals surface area contributed by atoms with Crippen LogP contribution in [0.25, 0.3) is 6.08 Å². The third kappa shape index (κ3) is 4.88. The van der Waals surface area contributed by atoms with Gasteiger partial charge in [0.05, 0.1) is 5.69 Å². The molecule has 0 atom stereocenters. The molecular weight excluding hydrogens is 527 g/mol. The van der Waals surface area contributed by atoms with Crippen LogP contribution in [0, 0.1) is 12.7 Å². The molecule has 1 fully saturated rings. The lowest BCUT2D eigenvalue weighted by Gasteiger charge is -2.27. The summed E-state index contributed by atoms with van der Waals surface area (Å²) >= 11 is 9.54. The van der Waals surface area contributed by atoms with E-state index in [0.29, 0.717) is 26.4 Å². The number of carbonyl (C=O) groups excluding carboxylic acids is 3. The smallest absolute Gasteiger partial charge is 0.335 e. The van der Waals surface area contributed by atoms with E-state index in [9.17, 15) is 18.8 Å². The van der Waals surface area contributed by atoms with Crippen molar-refractivity contribution in [3.8, 4) is 5.75 Å². The molecule has 4 amide bonds. The summed E-state index contributed by atoms with van der Waals surface area (Å²) in [7, 11) is 0. The van der Waals surface area contributed by atoms with Crippen molar-refractivity contribution in [2.75, 3.05) is 4.90 Å². The van der Waals surface area contributed by atoms with Crippen LogP contribution in [0.1, 0.15) is 16.7 Å². The average Bonchev–Trinajstić information content (AvgIpc) is 2.80. The van der Waals surface area contributed by atoms with Crippen molar-refractivity contribution in [2.24, 2.45) is 0 Å². The van der Waals surface area contributed by atoms with Gasteiger partial charge in [0.15, 0.2) is 0 Å². The summed E-state index contributed by atoms with van der Waals surface area (Å²) in [4.78, 5) is 39.3. The molecular formula is C25H17BrClFN2O4. The first kappa shape index (κ1) is 23.7. The van der Waals surface area contributed by atoms with E-state index in [1.54, 1.807) is 55.5 Å². The van der Waals surface area contributed by atoms with Gasteiger partial charge in [0.25, 0.3) is 11.8 Å². The number of hydrogen-bond acceptors (Lipinski definition) is 4. The third-order valence-electron chi connectivity index (χ3n) is 5.16.